The van der Waals surface area contributed by atoms with Crippen LogP contribution in [-0.4, -0.2) is 21.6 Å². The van der Waals surface area contributed by atoms with Gasteiger partial charge in [0, 0.05) is 11.4 Å². The molecule has 3 aromatic rings. The minimum Gasteiger partial charge on any atom is -0.323 e. The zero-order chi connectivity index (χ0) is 22.0. The highest BCUT2D eigenvalue weighted by atomic mass is 35.5. The Hall–Kier alpha value is -2.90. The van der Waals surface area contributed by atoms with Gasteiger partial charge in [-0.2, -0.15) is 5.10 Å². The van der Waals surface area contributed by atoms with E-state index in [1.165, 1.54) is 18.2 Å². The number of aromatic nitrogens is 2. The van der Waals surface area contributed by atoms with Gasteiger partial charge in [-0.25, -0.2) is 4.39 Å². The first-order valence-electron chi connectivity index (χ1n) is 9.06. The molecular weight excluding hydrogens is 430 g/mol. The van der Waals surface area contributed by atoms with Crippen molar-refractivity contribution < 1.29 is 14.0 Å². The molecule has 0 aliphatic rings. The van der Waals surface area contributed by atoms with Crippen LogP contribution in [0.5, 0.6) is 0 Å². The highest BCUT2D eigenvalue weighted by Crippen LogP contribution is 2.28. The van der Waals surface area contributed by atoms with Crippen LogP contribution in [0.15, 0.2) is 42.5 Å². The standard InChI is InChI=1S/C21H19Cl2FN4O2/c1-11-9-12(2)28(27-11)13(3)20(29)26-18-8-7-14(10-16(18)23)25-21(30)19-15(22)5-4-6-17(19)24/h4-10,13H,1-3H3,(H,25,30)(H,26,29)/t13-/m0/s1. The molecule has 0 aliphatic heterocycles. The van der Waals surface area contributed by atoms with Crippen LogP contribution < -0.4 is 10.6 Å². The molecule has 0 unspecified atom stereocenters. The van der Waals surface area contributed by atoms with Gasteiger partial charge in [-0.05, 0) is 57.2 Å². The van der Waals surface area contributed by atoms with Crippen LogP contribution in [-0.2, 0) is 4.79 Å². The second kappa shape index (κ2) is 8.85. The van der Waals surface area contributed by atoms with Gasteiger partial charge in [0.1, 0.15) is 11.9 Å². The number of amides is 2. The van der Waals surface area contributed by atoms with Crippen molar-refractivity contribution in [1.82, 2.24) is 9.78 Å². The highest BCUT2D eigenvalue weighted by molar-refractivity contribution is 6.35. The van der Waals surface area contributed by atoms with Crippen molar-refractivity contribution >= 4 is 46.4 Å². The molecule has 0 bridgehead atoms. The fourth-order valence-electron chi connectivity index (χ4n) is 2.99. The third kappa shape index (κ3) is 4.63. The summed E-state index contributed by atoms with van der Waals surface area (Å²) < 4.78 is 15.5. The minimum atomic E-state index is -0.729. The number of hydrogen-bond donors (Lipinski definition) is 2. The quantitative estimate of drug-likeness (QED) is 0.548. The number of nitrogens with one attached hydrogen (secondary N) is 2. The molecule has 0 aliphatic carbocycles. The zero-order valence-corrected chi connectivity index (χ0v) is 18.0. The van der Waals surface area contributed by atoms with Crippen LogP contribution in [0.2, 0.25) is 10.0 Å². The summed E-state index contributed by atoms with van der Waals surface area (Å²) in [6.45, 7) is 5.46. The maximum Gasteiger partial charge on any atom is 0.260 e. The molecule has 30 heavy (non-hydrogen) atoms. The molecule has 0 fully saturated rings. The molecule has 2 amide bonds. The predicted octanol–water partition coefficient (Wildman–Crippen LogP) is 5.40. The molecule has 156 valence electrons. The Morgan fingerprint density at radius 2 is 1.80 bits per heavy atom. The van der Waals surface area contributed by atoms with Crippen LogP contribution in [0.4, 0.5) is 15.8 Å². The normalized spacial score (nSPS) is 11.8. The topological polar surface area (TPSA) is 76.0 Å². The summed E-state index contributed by atoms with van der Waals surface area (Å²) >= 11 is 12.2. The number of anilines is 2. The second-order valence-electron chi connectivity index (χ2n) is 6.78. The summed E-state index contributed by atoms with van der Waals surface area (Å²) in [5.74, 6) is -1.73. The van der Waals surface area contributed by atoms with E-state index in [2.05, 4.69) is 15.7 Å². The molecule has 6 nitrogen and oxygen atoms in total. The maximum absolute atomic E-state index is 13.9. The monoisotopic (exact) mass is 448 g/mol. The van der Waals surface area contributed by atoms with E-state index in [1.807, 2.05) is 19.9 Å². The highest BCUT2D eigenvalue weighted by Gasteiger charge is 2.20. The Morgan fingerprint density at radius 1 is 1.07 bits per heavy atom. The lowest BCUT2D eigenvalue weighted by Gasteiger charge is -2.16. The molecule has 1 atom stereocenters. The summed E-state index contributed by atoms with van der Waals surface area (Å²) in [5, 5.41) is 9.82. The molecule has 3 rings (SSSR count). The summed E-state index contributed by atoms with van der Waals surface area (Å²) in [6.07, 6.45) is 0. The average Bonchev–Trinajstić information content (AvgIpc) is 3.01. The van der Waals surface area contributed by atoms with E-state index in [9.17, 15) is 14.0 Å². The number of nitrogens with zero attached hydrogens (tertiary/aromatic N) is 2. The Bertz CT molecular complexity index is 1110. The number of hydrogen-bond acceptors (Lipinski definition) is 3. The molecule has 0 saturated carbocycles. The smallest absolute Gasteiger partial charge is 0.260 e. The van der Waals surface area contributed by atoms with Crippen LogP contribution >= 0.6 is 23.2 Å². The van der Waals surface area contributed by atoms with Crippen molar-refractivity contribution in [3.63, 3.8) is 0 Å². The Morgan fingerprint density at radius 3 is 2.40 bits per heavy atom. The van der Waals surface area contributed by atoms with E-state index in [1.54, 1.807) is 23.7 Å². The molecule has 2 aromatic carbocycles. The van der Waals surface area contributed by atoms with Gasteiger partial charge in [0.15, 0.2) is 0 Å². The van der Waals surface area contributed by atoms with Gasteiger partial charge >= 0.3 is 0 Å². The van der Waals surface area contributed by atoms with Gasteiger partial charge in [-0.3, -0.25) is 14.3 Å². The first-order chi connectivity index (χ1) is 14.2. The van der Waals surface area contributed by atoms with Crippen LogP contribution in [0.1, 0.15) is 34.7 Å². The van der Waals surface area contributed by atoms with E-state index in [-0.39, 0.29) is 21.5 Å². The van der Waals surface area contributed by atoms with Crippen molar-refractivity contribution in [3.05, 3.63) is 75.3 Å². The second-order valence-corrected chi connectivity index (χ2v) is 7.60. The SMILES string of the molecule is Cc1cc(C)n([C@@H](C)C(=O)Nc2ccc(NC(=O)c3c(F)cccc3Cl)cc2Cl)n1. The molecule has 2 N–H and O–H groups in total. The van der Waals surface area contributed by atoms with Gasteiger partial charge < -0.3 is 10.6 Å². The maximum atomic E-state index is 13.9. The number of rotatable bonds is 5. The minimum absolute atomic E-state index is 0.000574. The molecule has 0 radical (unpaired) electrons. The van der Waals surface area contributed by atoms with E-state index in [0.29, 0.717) is 11.4 Å². The number of halogens is 3. The van der Waals surface area contributed by atoms with Crippen LogP contribution in [0.25, 0.3) is 0 Å². The summed E-state index contributed by atoms with van der Waals surface area (Å²) in [7, 11) is 0. The van der Waals surface area contributed by atoms with Crippen molar-refractivity contribution in [2.75, 3.05) is 10.6 Å². The fraction of sp³-hybridized carbons (Fsp3) is 0.190. The number of carbonyl (C=O) groups excluding carboxylic acids is 2. The molecular formula is C21H19Cl2FN4O2. The number of aryl methyl sites for hydroxylation is 2. The largest absolute Gasteiger partial charge is 0.323 e. The van der Waals surface area contributed by atoms with Crippen molar-refractivity contribution in [1.29, 1.82) is 0 Å². The van der Waals surface area contributed by atoms with Gasteiger partial charge in [0.05, 0.1) is 27.0 Å². The average molecular weight is 449 g/mol. The third-order valence-corrected chi connectivity index (χ3v) is 5.09. The molecule has 9 heteroatoms. The van der Waals surface area contributed by atoms with E-state index in [0.717, 1.165) is 17.5 Å². The number of carbonyl (C=O) groups is 2. The lowest BCUT2D eigenvalue weighted by Crippen LogP contribution is -2.25. The van der Waals surface area contributed by atoms with Crippen LogP contribution in [0, 0.1) is 19.7 Å². The fourth-order valence-corrected chi connectivity index (χ4v) is 3.47. The summed E-state index contributed by atoms with van der Waals surface area (Å²) in [4.78, 5) is 24.9. The molecule has 1 heterocycles. The van der Waals surface area contributed by atoms with Gasteiger partial charge in [0.25, 0.3) is 5.91 Å². The molecule has 1 aromatic heterocycles. The van der Waals surface area contributed by atoms with E-state index >= 15 is 0 Å². The molecule has 0 saturated heterocycles. The predicted molar refractivity (Wildman–Crippen MR) is 116 cm³/mol. The van der Waals surface area contributed by atoms with Crippen LogP contribution in [0.3, 0.4) is 0 Å². The van der Waals surface area contributed by atoms with E-state index in [4.69, 9.17) is 23.2 Å². The van der Waals surface area contributed by atoms with Crippen molar-refractivity contribution in [3.8, 4) is 0 Å². The summed E-state index contributed by atoms with van der Waals surface area (Å²) in [5.41, 5.74) is 2.13. The van der Waals surface area contributed by atoms with Crippen molar-refractivity contribution in [2.24, 2.45) is 0 Å². The zero-order valence-electron chi connectivity index (χ0n) is 16.5. The third-order valence-electron chi connectivity index (χ3n) is 4.47. The lowest BCUT2D eigenvalue weighted by molar-refractivity contribution is -0.119. The van der Waals surface area contributed by atoms with E-state index < -0.39 is 17.8 Å². The Labute approximate surface area is 183 Å². The van der Waals surface area contributed by atoms with Gasteiger partial charge in [-0.15, -0.1) is 0 Å². The van der Waals surface area contributed by atoms with Crippen molar-refractivity contribution in [2.45, 2.75) is 26.8 Å². The molecule has 0 spiro atoms. The Kier molecular flexibility index (Phi) is 6.43. The first-order valence-corrected chi connectivity index (χ1v) is 9.81. The summed E-state index contributed by atoms with van der Waals surface area (Å²) in [6, 6.07) is 9.88. The van der Waals surface area contributed by atoms with Gasteiger partial charge in [0.2, 0.25) is 5.91 Å². The number of benzene rings is 2. The van der Waals surface area contributed by atoms with Gasteiger partial charge in [-0.1, -0.05) is 29.3 Å². The Balaban J connectivity index is 1.73. The first kappa shape index (κ1) is 21.8. The lowest BCUT2D eigenvalue weighted by atomic mass is 10.2.